The van der Waals surface area contributed by atoms with Crippen LogP contribution < -0.4 is 0 Å². The van der Waals surface area contributed by atoms with Crippen molar-refractivity contribution in [1.82, 2.24) is 0 Å². The molecule has 16 heavy (non-hydrogen) atoms. The Balaban J connectivity index is 4.18. The summed E-state index contributed by atoms with van der Waals surface area (Å²) in [7, 11) is -3.00. The minimum Gasteiger partial charge on any atom is -0.481 e. The molecule has 92 valence electrons. The van der Waals surface area contributed by atoms with Gasteiger partial charge >= 0.3 is 20.2 Å². The van der Waals surface area contributed by atoms with Crippen LogP contribution in [-0.2, 0) is 18.7 Å². The van der Waals surface area contributed by atoms with Gasteiger partial charge in [-0.15, -0.1) is 9.42 Å². The van der Waals surface area contributed by atoms with Gasteiger partial charge in [0.05, 0.1) is 0 Å². The summed E-state index contributed by atoms with van der Waals surface area (Å²) >= 11 is 0. The highest BCUT2D eigenvalue weighted by atomic mass is 31.1. The van der Waals surface area contributed by atoms with E-state index in [1.165, 1.54) is 6.92 Å². The first-order chi connectivity index (χ1) is 7.28. The molecule has 2 unspecified atom stereocenters. The van der Waals surface area contributed by atoms with Crippen molar-refractivity contribution >= 4 is 20.2 Å². The first kappa shape index (κ1) is 15.0. The van der Waals surface area contributed by atoms with Crippen molar-refractivity contribution < 1.29 is 33.8 Å². The largest absolute Gasteiger partial charge is 0.695 e. The number of unbranched alkanes of at least 4 members (excludes halogenated alkanes) is 1. The van der Waals surface area contributed by atoms with E-state index in [1.807, 2.05) is 0 Å². The monoisotopic (exact) mass is 253 g/mol. The second-order valence-corrected chi connectivity index (χ2v) is 4.12. The van der Waals surface area contributed by atoms with Crippen LogP contribution in [0.4, 0.5) is 0 Å². The Bertz CT molecular complexity index is 290. The maximum Gasteiger partial charge on any atom is 0.695 e. The van der Waals surface area contributed by atoms with Crippen LogP contribution in [0.25, 0.3) is 0 Å². The van der Waals surface area contributed by atoms with Gasteiger partial charge in [-0.1, -0.05) is 0 Å². The third-order valence-corrected chi connectivity index (χ3v) is 2.59. The molecule has 3 N–H and O–H groups in total. The average molecular weight is 253 g/mol. The van der Waals surface area contributed by atoms with Crippen LogP contribution in [0, 0.1) is 0 Å². The normalized spacial score (nSPS) is 15.2. The van der Waals surface area contributed by atoms with Gasteiger partial charge in [-0.2, -0.15) is 0 Å². The molecule has 0 saturated carbocycles. The van der Waals surface area contributed by atoms with Gasteiger partial charge in [-0.05, 0) is 26.2 Å². The minimum atomic E-state index is -3.00. The molecule has 0 rings (SSSR count). The minimum absolute atomic E-state index is 0.0166. The molecule has 8 heteroatoms. The van der Waals surface area contributed by atoms with Crippen molar-refractivity contribution in [3.63, 3.8) is 0 Å². The third-order valence-electron chi connectivity index (χ3n) is 2.03. The second-order valence-electron chi connectivity index (χ2n) is 3.47. The zero-order valence-corrected chi connectivity index (χ0v) is 9.64. The Morgan fingerprint density at radius 2 is 1.88 bits per heavy atom. The summed E-state index contributed by atoms with van der Waals surface area (Å²) in [5.41, 5.74) is -1.75. The van der Waals surface area contributed by atoms with Crippen molar-refractivity contribution in [2.45, 2.75) is 38.2 Å². The molecule has 0 amide bonds. The van der Waals surface area contributed by atoms with E-state index in [0.717, 1.165) is 0 Å². The molecule has 0 aliphatic heterocycles. The third kappa shape index (κ3) is 5.75. The lowest BCUT2D eigenvalue weighted by molar-refractivity contribution is -0.154. The van der Waals surface area contributed by atoms with Crippen LogP contribution in [0.1, 0.15) is 32.6 Å². The Labute approximate surface area is 93.0 Å². The van der Waals surface area contributed by atoms with E-state index < -0.39 is 25.8 Å². The number of aliphatic carboxylic acids is 2. The highest BCUT2D eigenvalue weighted by Crippen LogP contribution is 2.30. The van der Waals surface area contributed by atoms with E-state index in [2.05, 4.69) is 4.52 Å². The van der Waals surface area contributed by atoms with Crippen molar-refractivity contribution in [1.29, 1.82) is 0 Å². The number of carboxylic acids is 2. The SMILES string of the molecule is CC(CCCCC(=O)O)(O[P+](=O)O)C(=O)O. The van der Waals surface area contributed by atoms with Gasteiger partial charge in [-0.25, -0.2) is 4.79 Å². The smallest absolute Gasteiger partial charge is 0.481 e. The lowest BCUT2D eigenvalue weighted by Crippen LogP contribution is -2.36. The highest BCUT2D eigenvalue weighted by molar-refractivity contribution is 7.32. The Hall–Kier alpha value is -1.04. The molecular formula is C8H14O7P+. The fourth-order valence-electron chi connectivity index (χ4n) is 1.10. The molecule has 0 aliphatic carbocycles. The summed E-state index contributed by atoms with van der Waals surface area (Å²) < 4.78 is 14.9. The van der Waals surface area contributed by atoms with Crippen LogP contribution in [0.3, 0.4) is 0 Å². The average Bonchev–Trinajstić information content (AvgIpc) is 2.10. The van der Waals surface area contributed by atoms with Gasteiger partial charge in [0.15, 0.2) is 0 Å². The molecule has 0 spiro atoms. The van der Waals surface area contributed by atoms with Gasteiger partial charge < -0.3 is 10.2 Å². The standard InChI is InChI=1S/C8H13O7P/c1-8(7(11)12,15-16(13)14)5-3-2-4-6(9)10/h2-5H2,1H3,(H2-,9,10,11,12,13,14)/p+1. The Morgan fingerprint density at radius 3 is 2.25 bits per heavy atom. The molecule has 0 aromatic carbocycles. The molecule has 0 fully saturated rings. The van der Waals surface area contributed by atoms with Crippen LogP contribution >= 0.6 is 8.25 Å². The molecule has 0 aromatic heterocycles. The molecule has 0 saturated heterocycles. The Kier molecular flexibility index (Phi) is 6.10. The lowest BCUT2D eigenvalue weighted by atomic mass is 9.99. The maximum absolute atomic E-state index is 10.8. The number of carboxylic acid groups (broad SMARTS) is 2. The number of rotatable bonds is 8. The van der Waals surface area contributed by atoms with Crippen LogP contribution in [0.5, 0.6) is 0 Å². The first-order valence-corrected chi connectivity index (χ1v) is 5.71. The second kappa shape index (κ2) is 6.52. The molecule has 0 heterocycles. The first-order valence-electron chi connectivity index (χ1n) is 4.58. The van der Waals surface area contributed by atoms with E-state index in [-0.39, 0.29) is 19.3 Å². The molecule has 0 radical (unpaired) electrons. The van der Waals surface area contributed by atoms with E-state index >= 15 is 0 Å². The lowest BCUT2D eigenvalue weighted by Gasteiger charge is -2.16. The number of carbonyl (C=O) groups is 2. The maximum atomic E-state index is 10.8. The Morgan fingerprint density at radius 1 is 1.31 bits per heavy atom. The number of hydrogen-bond donors (Lipinski definition) is 3. The van der Waals surface area contributed by atoms with Crippen LogP contribution in [0.2, 0.25) is 0 Å². The fourth-order valence-corrected chi connectivity index (χ4v) is 1.62. The van der Waals surface area contributed by atoms with Gasteiger partial charge in [0.25, 0.3) is 0 Å². The highest BCUT2D eigenvalue weighted by Gasteiger charge is 2.42. The number of hydrogen-bond acceptors (Lipinski definition) is 4. The summed E-state index contributed by atoms with van der Waals surface area (Å²) in [4.78, 5) is 29.5. The molecule has 0 aliphatic rings. The van der Waals surface area contributed by atoms with Gasteiger partial charge in [0.1, 0.15) is 0 Å². The topological polar surface area (TPSA) is 121 Å². The van der Waals surface area contributed by atoms with E-state index in [9.17, 15) is 14.2 Å². The van der Waals surface area contributed by atoms with Gasteiger partial charge in [0, 0.05) is 11.0 Å². The van der Waals surface area contributed by atoms with Crippen molar-refractivity contribution in [2.75, 3.05) is 0 Å². The summed E-state index contributed by atoms with van der Waals surface area (Å²) in [6.07, 6.45) is 0.500. The van der Waals surface area contributed by atoms with Gasteiger partial charge in [-0.3, -0.25) is 4.79 Å². The quantitative estimate of drug-likeness (QED) is 0.438. The van der Waals surface area contributed by atoms with Crippen molar-refractivity contribution in [3.8, 4) is 0 Å². The predicted molar refractivity (Wildman–Crippen MR) is 53.1 cm³/mol. The predicted octanol–water partition coefficient (Wildman–Crippen LogP) is 1.14. The summed E-state index contributed by atoms with van der Waals surface area (Å²) in [6, 6.07) is 0. The zero-order valence-electron chi connectivity index (χ0n) is 8.75. The molecule has 0 aromatic rings. The fraction of sp³-hybridized carbons (Fsp3) is 0.750. The molecular weight excluding hydrogens is 239 g/mol. The van der Waals surface area contributed by atoms with Crippen LogP contribution in [-0.4, -0.2) is 32.6 Å². The van der Waals surface area contributed by atoms with Crippen LogP contribution in [0.15, 0.2) is 0 Å². The van der Waals surface area contributed by atoms with Gasteiger partial charge in [0.2, 0.25) is 5.60 Å². The van der Waals surface area contributed by atoms with Crippen molar-refractivity contribution in [3.05, 3.63) is 0 Å². The molecule has 7 nitrogen and oxygen atoms in total. The van der Waals surface area contributed by atoms with Crippen molar-refractivity contribution in [2.24, 2.45) is 0 Å². The van der Waals surface area contributed by atoms with E-state index in [4.69, 9.17) is 15.1 Å². The summed E-state index contributed by atoms with van der Waals surface area (Å²) in [5.74, 6) is -2.31. The molecule has 0 bridgehead atoms. The van der Waals surface area contributed by atoms with E-state index in [1.54, 1.807) is 0 Å². The zero-order chi connectivity index (χ0) is 12.8. The molecule has 2 atom stereocenters. The summed E-state index contributed by atoms with van der Waals surface area (Å²) in [6.45, 7) is 1.18. The van der Waals surface area contributed by atoms with E-state index in [0.29, 0.717) is 6.42 Å². The summed E-state index contributed by atoms with van der Waals surface area (Å²) in [5, 5.41) is 17.2.